The van der Waals surface area contributed by atoms with Gasteiger partial charge < -0.3 is 5.11 Å². The number of allylic oxidation sites excluding steroid dienone is 1. The van der Waals surface area contributed by atoms with Crippen LogP contribution in [-0.2, 0) is 0 Å². The third kappa shape index (κ3) is 2.42. The van der Waals surface area contributed by atoms with Crippen molar-refractivity contribution in [2.24, 2.45) is 0 Å². The van der Waals surface area contributed by atoms with Crippen molar-refractivity contribution in [1.82, 2.24) is 0 Å². The van der Waals surface area contributed by atoms with Gasteiger partial charge in [0.15, 0.2) is 0 Å². The van der Waals surface area contributed by atoms with Crippen LogP contribution in [0.3, 0.4) is 0 Å². The molecular formula is C4H7BrO. The van der Waals surface area contributed by atoms with Crippen LogP contribution in [0.2, 0.25) is 0 Å². The van der Waals surface area contributed by atoms with Crippen LogP contribution in [0.4, 0.5) is 0 Å². The van der Waals surface area contributed by atoms with Gasteiger partial charge >= 0.3 is 0 Å². The Morgan fingerprint density at radius 1 is 2.00 bits per heavy atom. The van der Waals surface area contributed by atoms with Gasteiger partial charge in [-0.15, -0.1) is 0 Å². The minimum atomic E-state index is 0.108. The van der Waals surface area contributed by atoms with Gasteiger partial charge in [-0.1, -0.05) is 22.0 Å². The standard InChI is InChI=1S/C4H7BrO/c1-2-4(5)3-6/h2,6H,3H2,1H3/b4-2-. The molecule has 0 aromatic rings. The number of aliphatic hydroxyl groups excluding tert-OH is 1. The van der Waals surface area contributed by atoms with Crippen molar-refractivity contribution >= 4 is 15.9 Å². The minimum absolute atomic E-state index is 0.108. The van der Waals surface area contributed by atoms with Gasteiger partial charge in [0.1, 0.15) is 0 Å². The highest BCUT2D eigenvalue weighted by molar-refractivity contribution is 9.11. The lowest BCUT2D eigenvalue weighted by atomic mass is 10.6. The highest BCUT2D eigenvalue weighted by Crippen LogP contribution is 1.99. The average Bonchev–Trinajstić information content (AvgIpc) is 1.65. The van der Waals surface area contributed by atoms with E-state index < -0.39 is 0 Å². The molecule has 1 N–H and O–H groups in total. The van der Waals surface area contributed by atoms with Crippen LogP contribution in [0.25, 0.3) is 0 Å². The molecule has 0 radical (unpaired) electrons. The summed E-state index contributed by atoms with van der Waals surface area (Å²) in [5, 5.41) is 8.22. The molecule has 0 aliphatic heterocycles. The number of aliphatic hydroxyl groups is 1. The van der Waals surface area contributed by atoms with Gasteiger partial charge in [0.2, 0.25) is 0 Å². The summed E-state index contributed by atoms with van der Waals surface area (Å²) in [5.41, 5.74) is 0. The molecule has 0 heterocycles. The van der Waals surface area contributed by atoms with Crippen LogP contribution in [0.1, 0.15) is 6.92 Å². The summed E-state index contributed by atoms with van der Waals surface area (Å²) in [5.74, 6) is 0. The molecule has 0 rings (SSSR count). The second-order valence-electron chi connectivity index (χ2n) is 0.894. The molecule has 0 unspecified atom stereocenters. The van der Waals surface area contributed by atoms with Crippen molar-refractivity contribution in [3.63, 3.8) is 0 Å². The molecule has 0 aromatic heterocycles. The van der Waals surface area contributed by atoms with Crippen LogP contribution < -0.4 is 0 Å². The van der Waals surface area contributed by atoms with Gasteiger partial charge in [0.05, 0.1) is 6.61 Å². The van der Waals surface area contributed by atoms with Crippen molar-refractivity contribution < 1.29 is 5.11 Å². The van der Waals surface area contributed by atoms with E-state index in [0.717, 1.165) is 4.48 Å². The van der Waals surface area contributed by atoms with Crippen LogP contribution >= 0.6 is 15.9 Å². The molecule has 0 amide bonds. The Labute approximate surface area is 45.8 Å². The molecule has 36 valence electrons. The van der Waals surface area contributed by atoms with E-state index in [1.54, 1.807) is 6.08 Å². The minimum Gasteiger partial charge on any atom is -0.391 e. The number of halogens is 1. The van der Waals surface area contributed by atoms with Gasteiger partial charge in [-0.3, -0.25) is 0 Å². The van der Waals surface area contributed by atoms with E-state index in [2.05, 4.69) is 15.9 Å². The third-order valence-corrected chi connectivity index (χ3v) is 1.17. The summed E-state index contributed by atoms with van der Waals surface area (Å²) in [6.07, 6.45) is 1.81. The Bertz CT molecular complexity index is 58.6. The molecule has 6 heavy (non-hydrogen) atoms. The lowest BCUT2D eigenvalue weighted by Gasteiger charge is -1.82. The maximum atomic E-state index is 8.22. The zero-order valence-corrected chi connectivity index (χ0v) is 5.20. The van der Waals surface area contributed by atoms with E-state index >= 15 is 0 Å². The lowest BCUT2D eigenvalue weighted by Crippen LogP contribution is -1.75. The summed E-state index contributed by atoms with van der Waals surface area (Å²) in [6.45, 7) is 1.97. The monoisotopic (exact) mass is 150 g/mol. The molecule has 0 bridgehead atoms. The predicted octanol–water partition coefficient (Wildman–Crippen LogP) is 1.28. The fourth-order valence-electron chi connectivity index (χ4n) is 0.0913. The predicted molar refractivity (Wildman–Crippen MR) is 29.8 cm³/mol. The Kier molecular flexibility index (Phi) is 3.47. The zero-order valence-electron chi connectivity index (χ0n) is 3.61. The van der Waals surface area contributed by atoms with Crippen molar-refractivity contribution in [2.45, 2.75) is 6.92 Å². The molecule has 0 aliphatic carbocycles. The Balaban J connectivity index is 3.22. The van der Waals surface area contributed by atoms with Crippen molar-refractivity contribution in [3.05, 3.63) is 10.6 Å². The van der Waals surface area contributed by atoms with E-state index in [9.17, 15) is 0 Å². The first kappa shape index (κ1) is 6.18. The van der Waals surface area contributed by atoms with Crippen LogP contribution in [-0.4, -0.2) is 11.7 Å². The molecule has 0 spiro atoms. The number of hydrogen-bond donors (Lipinski definition) is 1. The van der Waals surface area contributed by atoms with E-state index in [0.29, 0.717) is 0 Å². The molecular weight excluding hydrogens is 144 g/mol. The topological polar surface area (TPSA) is 20.2 Å². The first-order valence-electron chi connectivity index (χ1n) is 1.72. The maximum Gasteiger partial charge on any atom is 0.0743 e. The molecule has 0 aromatic carbocycles. The average molecular weight is 151 g/mol. The second-order valence-corrected chi connectivity index (χ2v) is 1.91. The number of rotatable bonds is 1. The van der Waals surface area contributed by atoms with Crippen molar-refractivity contribution in [3.8, 4) is 0 Å². The smallest absolute Gasteiger partial charge is 0.0743 e. The Hall–Kier alpha value is 0.180. The van der Waals surface area contributed by atoms with Gasteiger partial charge in [0.25, 0.3) is 0 Å². The first-order chi connectivity index (χ1) is 2.81. The van der Waals surface area contributed by atoms with Crippen molar-refractivity contribution in [1.29, 1.82) is 0 Å². The van der Waals surface area contributed by atoms with Gasteiger partial charge in [-0.2, -0.15) is 0 Å². The molecule has 0 saturated carbocycles. The van der Waals surface area contributed by atoms with E-state index in [1.807, 2.05) is 6.92 Å². The van der Waals surface area contributed by atoms with E-state index in [1.165, 1.54) is 0 Å². The molecule has 0 fully saturated rings. The van der Waals surface area contributed by atoms with Crippen LogP contribution in [0.15, 0.2) is 10.6 Å². The first-order valence-corrected chi connectivity index (χ1v) is 2.52. The Morgan fingerprint density at radius 3 is 2.50 bits per heavy atom. The molecule has 0 atom stereocenters. The molecule has 0 aliphatic rings. The second kappa shape index (κ2) is 3.37. The molecule has 2 heteroatoms. The lowest BCUT2D eigenvalue weighted by molar-refractivity contribution is 0.340. The fourth-order valence-corrected chi connectivity index (χ4v) is 0.0913. The van der Waals surface area contributed by atoms with E-state index in [-0.39, 0.29) is 6.61 Å². The summed E-state index contributed by atoms with van der Waals surface area (Å²) in [6, 6.07) is 0. The van der Waals surface area contributed by atoms with Gasteiger partial charge in [0, 0.05) is 4.48 Å². The van der Waals surface area contributed by atoms with Gasteiger partial charge in [-0.05, 0) is 6.92 Å². The summed E-state index contributed by atoms with van der Waals surface area (Å²) in [7, 11) is 0. The highest BCUT2D eigenvalue weighted by Gasteiger charge is 1.77. The summed E-state index contributed by atoms with van der Waals surface area (Å²) >= 11 is 3.09. The molecule has 0 saturated heterocycles. The summed E-state index contributed by atoms with van der Waals surface area (Å²) < 4.78 is 0.836. The Morgan fingerprint density at radius 2 is 2.50 bits per heavy atom. The zero-order chi connectivity index (χ0) is 4.99. The van der Waals surface area contributed by atoms with E-state index in [4.69, 9.17) is 5.11 Å². The fraction of sp³-hybridized carbons (Fsp3) is 0.500. The quantitative estimate of drug-likeness (QED) is 0.598. The van der Waals surface area contributed by atoms with Gasteiger partial charge in [-0.25, -0.2) is 0 Å². The third-order valence-electron chi connectivity index (χ3n) is 0.464. The van der Waals surface area contributed by atoms with Crippen LogP contribution in [0.5, 0.6) is 0 Å². The highest BCUT2D eigenvalue weighted by atomic mass is 79.9. The number of hydrogen-bond acceptors (Lipinski definition) is 1. The SMILES string of the molecule is C/C=C(\Br)CO. The largest absolute Gasteiger partial charge is 0.391 e. The van der Waals surface area contributed by atoms with Crippen LogP contribution in [0, 0.1) is 0 Å². The van der Waals surface area contributed by atoms with Crippen molar-refractivity contribution in [2.75, 3.05) is 6.61 Å². The maximum absolute atomic E-state index is 8.22. The molecule has 1 nitrogen and oxygen atoms in total. The summed E-state index contributed by atoms with van der Waals surface area (Å²) in [4.78, 5) is 0. The normalized spacial score (nSPS) is 12.2.